The molecule has 0 spiro atoms. The van der Waals surface area contributed by atoms with Crippen molar-refractivity contribution < 1.29 is 5.11 Å². The summed E-state index contributed by atoms with van der Waals surface area (Å²) in [5, 5.41) is 8.94. The van der Waals surface area contributed by atoms with Crippen LogP contribution in [0.4, 0.5) is 0 Å². The van der Waals surface area contributed by atoms with Gasteiger partial charge in [-0.3, -0.25) is 9.80 Å². The van der Waals surface area contributed by atoms with Crippen molar-refractivity contribution in [2.75, 3.05) is 32.8 Å². The second-order valence-corrected chi connectivity index (χ2v) is 9.47. The van der Waals surface area contributed by atoms with Gasteiger partial charge in [-0.1, -0.05) is 0 Å². The average molecular weight is 384 g/mol. The first-order valence-corrected chi connectivity index (χ1v) is 11.6. The Hall–Kier alpha value is -0.160. The number of hydrogen-bond acceptors (Lipinski definition) is 4. The molecule has 3 aliphatic heterocycles. The molecule has 0 unspecified atom stereocenters. The van der Waals surface area contributed by atoms with Crippen molar-refractivity contribution in [2.24, 2.45) is 0 Å². The number of rotatable bonds is 4. The van der Waals surface area contributed by atoms with Gasteiger partial charge in [-0.25, -0.2) is 0 Å². The summed E-state index contributed by atoms with van der Waals surface area (Å²) in [6, 6.07) is 3.41. The van der Waals surface area contributed by atoms with Crippen molar-refractivity contribution in [1.82, 2.24) is 14.7 Å². The molecule has 2 atom stereocenters. The molecule has 0 amide bonds. The molecule has 3 heterocycles. The van der Waals surface area contributed by atoms with Crippen molar-refractivity contribution >= 4 is 0 Å². The van der Waals surface area contributed by atoms with Crippen LogP contribution in [0.3, 0.4) is 0 Å². The highest BCUT2D eigenvalue weighted by molar-refractivity contribution is 4.80. The SMILES string of the molecule is CC(C)N1CCCC1.CC(C)N1CCC[C@@H]1C.CC(C)N1CCC[C@@H]1CO. The Balaban J connectivity index is 0.000000204. The molecule has 4 heteroatoms. The lowest BCUT2D eigenvalue weighted by Crippen LogP contribution is -2.37. The van der Waals surface area contributed by atoms with Crippen LogP contribution in [0.5, 0.6) is 0 Å². The fraction of sp³-hybridized carbons (Fsp3) is 1.00. The van der Waals surface area contributed by atoms with Gasteiger partial charge in [0.15, 0.2) is 0 Å². The Morgan fingerprint density at radius 3 is 1.52 bits per heavy atom. The van der Waals surface area contributed by atoms with E-state index in [1.807, 2.05) is 0 Å². The fourth-order valence-corrected chi connectivity index (χ4v) is 4.71. The van der Waals surface area contributed by atoms with Gasteiger partial charge in [0.1, 0.15) is 0 Å². The maximum Gasteiger partial charge on any atom is 0.0586 e. The standard InChI is InChI=1S/C8H17NO.C8H17N.C7H15N/c1-7(2)9-5-3-4-8(9)6-10;1-7(2)9-6-4-5-8(9)3;1-7(2)8-5-3-4-6-8/h7-8,10H,3-6H2,1-2H3;7-8H,4-6H2,1-3H3;7H,3-6H2,1-2H3/t2*8-;/m10./s1. The monoisotopic (exact) mass is 383 g/mol. The molecule has 0 aromatic rings. The lowest BCUT2D eigenvalue weighted by Gasteiger charge is -2.26. The summed E-state index contributed by atoms with van der Waals surface area (Å²) < 4.78 is 0. The van der Waals surface area contributed by atoms with Crippen LogP contribution in [0, 0.1) is 0 Å². The van der Waals surface area contributed by atoms with Gasteiger partial charge in [-0.2, -0.15) is 0 Å². The molecular weight excluding hydrogens is 334 g/mol. The average Bonchev–Trinajstić information content (AvgIpc) is 3.36. The third kappa shape index (κ3) is 8.81. The highest BCUT2D eigenvalue weighted by Crippen LogP contribution is 2.19. The molecule has 0 aliphatic carbocycles. The Kier molecular flexibility index (Phi) is 12.1. The van der Waals surface area contributed by atoms with Crippen LogP contribution in [0.1, 0.15) is 87.0 Å². The Labute approximate surface area is 170 Å². The van der Waals surface area contributed by atoms with E-state index < -0.39 is 0 Å². The normalized spacial score (nSPS) is 27.2. The predicted octanol–water partition coefficient (Wildman–Crippen LogP) is 4.22. The highest BCUT2D eigenvalue weighted by Gasteiger charge is 2.25. The molecule has 27 heavy (non-hydrogen) atoms. The molecule has 0 aromatic carbocycles. The van der Waals surface area contributed by atoms with E-state index in [2.05, 4.69) is 63.2 Å². The number of hydrogen-bond donors (Lipinski definition) is 1. The van der Waals surface area contributed by atoms with E-state index in [0.717, 1.165) is 18.1 Å². The summed E-state index contributed by atoms with van der Waals surface area (Å²) >= 11 is 0. The number of aliphatic hydroxyl groups is 1. The van der Waals surface area contributed by atoms with Crippen LogP contribution in [0.25, 0.3) is 0 Å². The maximum absolute atomic E-state index is 8.94. The Morgan fingerprint density at radius 1 is 0.704 bits per heavy atom. The zero-order valence-electron chi connectivity index (χ0n) is 19.5. The highest BCUT2D eigenvalue weighted by atomic mass is 16.3. The van der Waals surface area contributed by atoms with Crippen LogP contribution in [-0.2, 0) is 0 Å². The van der Waals surface area contributed by atoms with Gasteiger partial charge in [0, 0.05) is 30.2 Å². The van der Waals surface area contributed by atoms with E-state index in [1.54, 1.807) is 0 Å². The number of aliphatic hydroxyl groups excluding tert-OH is 1. The summed E-state index contributed by atoms with van der Waals surface area (Å²) in [6.07, 6.45) is 8.06. The van der Waals surface area contributed by atoms with Crippen molar-refractivity contribution in [3.8, 4) is 0 Å². The van der Waals surface area contributed by atoms with Crippen LogP contribution in [-0.4, -0.2) is 82.8 Å². The maximum atomic E-state index is 8.94. The Bertz CT molecular complexity index is 367. The molecule has 3 aliphatic rings. The van der Waals surface area contributed by atoms with Gasteiger partial charge < -0.3 is 10.0 Å². The molecule has 3 rings (SSSR count). The first-order chi connectivity index (χ1) is 12.8. The first-order valence-electron chi connectivity index (χ1n) is 11.6. The van der Waals surface area contributed by atoms with E-state index in [4.69, 9.17) is 5.11 Å². The molecule has 0 saturated carbocycles. The molecule has 3 fully saturated rings. The first kappa shape index (κ1) is 24.9. The third-order valence-corrected chi connectivity index (χ3v) is 6.44. The van der Waals surface area contributed by atoms with E-state index in [9.17, 15) is 0 Å². The molecule has 0 bridgehead atoms. The zero-order chi connectivity index (χ0) is 20.4. The van der Waals surface area contributed by atoms with Crippen LogP contribution < -0.4 is 0 Å². The minimum Gasteiger partial charge on any atom is -0.395 e. The zero-order valence-corrected chi connectivity index (χ0v) is 19.5. The van der Waals surface area contributed by atoms with E-state index in [-0.39, 0.29) is 0 Å². The van der Waals surface area contributed by atoms with E-state index in [1.165, 1.54) is 64.7 Å². The van der Waals surface area contributed by atoms with Gasteiger partial charge in [0.2, 0.25) is 0 Å². The smallest absolute Gasteiger partial charge is 0.0586 e. The topological polar surface area (TPSA) is 30.0 Å². The minimum atomic E-state index is 0.332. The number of nitrogens with zero attached hydrogens (tertiary/aromatic N) is 3. The minimum absolute atomic E-state index is 0.332. The second kappa shape index (κ2) is 13.1. The van der Waals surface area contributed by atoms with Crippen molar-refractivity contribution in [1.29, 1.82) is 0 Å². The van der Waals surface area contributed by atoms with E-state index in [0.29, 0.717) is 18.7 Å². The molecule has 4 nitrogen and oxygen atoms in total. The lowest BCUT2D eigenvalue weighted by atomic mass is 10.2. The molecule has 1 N–H and O–H groups in total. The molecule has 162 valence electrons. The molecule has 3 saturated heterocycles. The van der Waals surface area contributed by atoms with Gasteiger partial charge in [0.05, 0.1) is 6.61 Å². The van der Waals surface area contributed by atoms with Crippen molar-refractivity contribution in [2.45, 2.75) is 117 Å². The molecule has 0 aromatic heterocycles. The van der Waals surface area contributed by atoms with Crippen LogP contribution in [0.2, 0.25) is 0 Å². The molecule has 0 radical (unpaired) electrons. The van der Waals surface area contributed by atoms with Crippen LogP contribution >= 0.6 is 0 Å². The number of likely N-dealkylation sites (tertiary alicyclic amines) is 3. The quantitative estimate of drug-likeness (QED) is 0.787. The summed E-state index contributed by atoms with van der Waals surface area (Å²) in [4.78, 5) is 7.47. The Morgan fingerprint density at radius 2 is 1.22 bits per heavy atom. The van der Waals surface area contributed by atoms with Gasteiger partial charge >= 0.3 is 0 Å². The van der Waals surface area contributed by atoms with Crippen LogP contribution in [0.15, 0.2) is 0 Å². The molecular formula is C23H49N3O. The van der Waals surface area contributed by atoms with Gasteiger partial charge in [0.25, 0.3) is 0 Å². The fourth-order valence-electron chi connectivity index (χ4n) is 4.71. The second-order valence-electron chi connectivity index (χ2n) is 9.47. The predicted molar refractivity (Wildman–Crippen MR) is 118 cm³/mol. The largest absolute Gasteiger partial charge is 0.395 e. The van der Waals surface area contributed by atoms with Crippen molar-refractivity contribution in [3.63, 3.8) is 0 Å². The summed E-state index contributed by atoms with van der Waals surface area (Å²) in [5.74, 6) is 0. The van der Waals surface area contributed by atoms with E-state index >= 15 is 0 Å². The van der Waals surface area contributed by atoms with Crippen molar-refractivity contribution in [3.05, 3.63) is 0 Å². The summed E-state index contributed by atoms with van der Waals surface area (Å²) in [7, 11) is 0. The van der Waals surface area contributed by atoms with Gasteiger partial charge in [-0.05, 0) is 113 Å². The lowest BCUT2D eigenvalue weighted by molar-refractivity contribution is 0.133. The third-order valence-electron chi connectivity index (χ3n) is 6.44. The van der Waals surface area contributed by atoms with Gasteiger partial charge in [-0.15, -0.1) is 0 Å². The summed E-state index contributed by atoms with van der Waals surface area (Å²) in [5.41, 5.74) is 0. The summed E-state index contributed by atoms with van der Waals surface area (Å²) in [6.45, 7) is 21.3.